The second-order valence-corrected chi connectivity index (χ2v) is 5.50. The molecule has 2 N–H and O–H groups in total. The van der Waals surface area contributed by atoms with Crippen LogP contribution in [0.25, 0.3) is 0 Å². The summed E-state index contributed by atoms with van der Waals surface area (Å²) in [6, 6.07) is 9.88. The van der Waals surface area contributed by atoms with Crippen molar-refractivity contribution in [1.29, 1.82) is 0 Å². The maximum atomic E-state index is 10.5. The fourth-order valence-corrected chi connectivity index (χ4v) is 2.04. The Morgan fingerprint density at radius 2 is 1.46 bits per heavy atom. The molecule has 0 heterocycles. The normalized spacial score (nSPS) is 8.61. The van der Waals surface area contributed by atoms with Crippen LogP contribution in [-0.2, 0) is 9.59 Å². The molecule has 0 aliphatic rings. The van der Waals surface area contributed by atoms with Crippen molar-refractivity contribution in [3.63, 3.8) is 0 Å². The Kier molecular flexibility index (Phi) is 12.6. The van der Waals surface area contributed by atoms with E-state index in [0.29, 0.717) is 4.47 Å². The van der Waals surface area contributed by atoms with Crippen molar-refractivity contribution in [1.82, 2.24) is 0 Å². The zero-order valence-electron chi connectivity index (χ0n) is 13.9. The van der Waals surface area contributed by atoms with Crippen LogP contribution >= 0.6 is 28.7 Å². The van der Waals surface area contributed by atoms with Gasteiger partial charge in [-0.1, -0.05) is 22.0 Å². The molecule has 2 rings (SSSR count). The number of aromatic carboxylic acids is 2. The van der Waals surface area contributed by atoms with Crippen molar-refractivity contribution in [2.75, 3.05) is 0 Å². The molecule has 0 saturated carbocycles. The van der Waals surface area contributed by atoms with Gasteiger partial charge in [-0.2, -0.15) is 0 Å². The average Bonchev–Trinajstić information content (AvgIpc) is 2.63. The number of carboxylic acids is 2. The van der Waals surface area contributed by atoms with E-state index in [1.54, 1.807) is 0 Å². The van der Waals surface area contributed by atoms with Crippen LogP contribution in [-0.4, -0.2) is 42.7 Å². The topological polar surface area (TPSA) is 140 Å². The Hall–Kier alpha value is -2.99. The van der Waals surface area contributed by atoms with Crippen LogP contribution in [0.3, 0.4) is 0 Å². The van der Waals surface area contributed by atoms with E-state index < -0.39 is 11.9 Å². The fourth-order valence-electron chi connectivity index (χ4n) is 1.57. The Balaban J connectivity index is 0.000000458. The van der Waals surface area contributed by atoms with E-state index in [2.05, 4.69) is 50.2 Å². The molecule has 0 amide bonds. The molecule has 2 aromatic rings. The van der Waals surface area contributed by atoms with E-state index in [-0.39, 0.29) is 35.6 Å². The van der Waals surface area contributed by atoms with Gasteiger partial charge in [-0.3, -0.25) is 9.59 Å². The van der Waals surface area contributed by atoms with Gasteiger partial charge in [-0.05, 0) is 36.4 Å². The van der Waals surface area contributed by atoms with Crippen LogP contribution < -0.4 is 9.47 Å². The monoisotopic (exact) mass is 468 g/mol. The fraction of sp³-hybridized carbons (Fsp3) is 0. The van der Waals surface area contributed by atoms with Gasteiger partial charge in [-0.15, -0.1) is 0 Å². The number of rotatable bonds is 6. The molecular formula is C16H12BBrNO8S. The summed E-state index contributed by atoms with van der Waals surface area (Å²) in [5.41, 5.74) is 0.153. The van der Waals surface area contributed by atoms with E-state index >= 15 is 0 Å². The molecule has 0 aromatic heterocycles. The third kappa shape index (κ3) is 10.2. The number of nitrogens with zero attached hydrogens (tertiary/aromatic N) is 1. The average molecular weight is 469 g/mol. The van der Waals surface area contributed by atoms with Gasteiger partial charge >= 0.3 is 36.7 Å². The molecule has 0 aliphatic heterocycles. The number of thiol groups is 1. The summed E-state index contributed by atoms with van der Waals surface area (Å²) < 4.78 is 12.2. The summed E-state index contributed by atoms with van der Waals surface area (Å²) >= 11 is 6.28. The zero-order chi connectivity index (χ0) is 21.5. The van der Waals surface area contributed by atoms with Crippen LogP contribution in [0.1, 0.15) is 20.7 Å². The summed E-state index contributed by atoms with van der Waals surface area (Å²) in [5, 5.41) is 17.2. The second kappa shape index (κ2) is 14.1. The second-order valence-electron chi connectivity index (χ2n) is 4.36. The molecule has 0 atom stereocenters. The van der Waals surface area contributed by atoms with Crippen LogP contribution in [0.15, 0.2) is 51.2 Å². The summed E-state index contributed by atoms with van der Waals surface area (Å²) in [7, 11) is 4.34. The first-order valence-corrected chi connectivity index (χ1v) is 8.10. The summed E-state index contributed by atoms with van der Waals surface area (Å²) in [6.07, 6.45) is 0. The molecule has 9 nitrogen and oxygen atoms in total. The Morgan fingerprint density at radius 3 is 1.96 bits per heavy atom. The van der Waals surface area contributed by atoms with Crippen molar-refractivity contribution in [3.05, 3.63) is 58.1 Å². The molecule has 0 fully saturated rings. The quantitative estimate of drug-likeness (QED) is 0.334. The zero-order valence-corrected chi connectivity index (χ0v) is 16.4. The number of halogens is 1. The molecule has 0 aliphatic carbocycles. The van der Waals surface area contributed by atoms with Gasteiger partial charge in [0.1, 0.15) is 11.5 Å². The van der Waals surface area contributed by atoms with Gasteiger partial charge in [0.15, 0.2) is 0 Å². The first-order valence-electron chi connectivity index (χ1n) is 6.91. The van der Waals surface area contributed by atoms with Gasteiger partial charge in [0.2, 0.25) is 0 Å². The number of hydrogen-bond donors (Lipinski definition) is 3. The molecule has 0 bridgehead atoms. The molecule has 2 aromatic carbocycles. The molecule has 28 heavy (non-hydrogen) atoms. The predicted octanol–water partition coefficient (Wildman–Crippen LogP) is 2.79. The van der Waals surface area contributed by atoms with Gasteiger partial charge in [0.05, 0.1) is 11.1 Å². The van der Waals surface area contributed by atoms with Crippen molar-refractivity contribution in [3.8, 4) is 11.5 Å². The van der Waals surface area contributed by atoms with Crippen molar-refractivity contribution in [2.45, 2.75) is 0 Å². The van der Waals surface area contributed by atoms with Gasteiger partial charge < -0.3 is 19.7 Å². The molecule has 1 radical (unpaired) electrons. The van der Waals surface area contributed by atoms with E-state index in [1.165, 1.54) is 42.5 Å². The van der Waals surface area contributed by atoms with Gasteiger partial charge in [0.25, 0.3) is 12.9 Å². The number of hydrogen-bond acceptors (Lipinski definition) is 8. The summed E-state index contributed by atoms with van der Waals surface area (Å²) in [6.45, 7) is 0.494. The molecule has 12 heteroatoms. The van der Waals surface area contributed by atoms with E-state index in [1.807, 2.05) is 0 Å². The van der Waals surface area contributed by atoms with Gasteiger partial charge in [-0.25, -0.2) is 9.59 Å². The Morgan fingerprint density at radius 1 is 0.964 bits per heavy atom. The SMILES string of the molecule is O=COc1cc(Br)cc(C(=O)O)c1.O=COc1cccc(C(=O)O)c1.[B]=NS. The standard InChI is InChI=1S/C8H5BrO4.C8H6O4.BHNS/c9-6-1-5(8(11)12)2-7(3-6)13-4-10;9-5-12-7-3-1-2-6(4-7)8(10)11;1-2-3/h1-4H,(H,11,12);1-5H,(H,10,11);3H. The van der Waals surface area contributed by atoms with Gasteiger partial charge in [0, 0.05) is 4.47 Å². The number of ether oxygens (including phenoxy) is 2. The number of carboxylic acid groups (broad SMARTS) is 2. The van der Waals surface area contributed by atoms with Crippen molar-refractivity contribution in [2.24, 2.45) is 4.30 Å². The van der Waals surface area contributed by atoms with E-state index in [4.69, 9.17) is 10.2 Å². The van der Waals surface area contributed by atoms with Crippen molar-refractivity contribution < 1.29 is 38.9 Å². The minimum absolute atomic E-state index is 0.0613. The van der Waals surface area contributed by atoms with E-state index in [9.17, 15) is 19.2 Å². The van der Waals surface area contributed by atoms with Crippen molar-refractivity contribution >= 4 is 61.3 Å². The Bertz CT molecular complexity index is 849. The first-order chi connectivity index (χ1) is 13.3. The van der Waals surface area contributed by atoms with Crippen LogP contribution in [0.5, 0.6) is 11.5 Å². The molecule has 0 spiro atoms. The first kappa shape index (κ1) is 25.0. The minimum atomic E-state index is -1.07. The van der Waals surface area contributed by atoms with E-state index in [0.717, 1.165) is 0 Å². The molecular weight excluding hydrogens is 457 g/mol. The third-order valence-electron chi connectivity index (χ3n) is 2.57. The van der Waals surface area contributed by atoms with Crippen LogP contribution in [0, 0.1) is 0 Å². The van der Waals surface area contributed by atoms with Crippen LogP contribution in [0.2, 0.25) is 0 Å². The predicted molar refractivity (Wildman–Crippen MR) is 105 cm³/mol. The number of benzene rings is 2. The maximum absolute atomic E-state index is 10.5. The molecule has 145 valence electrons. The number of carbonyl (C=O) groups is 4. The Labute approximate surface area is 174 Å². The summed E-state index contributed by atoms with van der Waals surface area (Å²) in [5.74, 6) is -1.70. The third-order valence-corrected chi connectivity index (χ3v) is 3.03. The van der Waals surface area contributed by atoms with Crippen LogP contribution in [0.4, 0.5) is 0 Å². The number of carbonyl (C=O) groups excluding carboxylic acids is 2. The summed E-state index contributed by atoms with van der Waals surface area (Å²) in [4.78, 5) is 40.8. The molecule has 0 unspecified atom stereocenters. The molecule has 0 saturated heterocycles.